The van der Waals surface area contributed by atoms with Gasteiger partial charge in [0.15, 0.2) is 0 Å². The Morgan fingerprint density at radius 1 is 1.80 bits per heavy atom. The summed E-state index contributed by atoms with van der Waals surface area (Å²) in [6, 6.07) is 0. The SMILES string of the molecule is CC[C](C)Cl. The second-order valence-corrected chi connectivity index (χ2v) is 1.67. The van der Waals surface area contributed by atoms with E-state index in [0.717, 1.165) is 11.8 Å². The van der Waals surface area contributed by atoms with E-state index in [1.807, 2.05) is 13.8 Å². The van der Waals surface area contributed by atoms with Crippen LogP contribution >= 0.6 is 11.6 Å². The second-order valence-electron chi connectivity index (χ2n) is 1.03. The second kappa shape index (κ2) is 2.52. The predicted octanol–water partition coefficient (Wildman–Crippen LogP) is 2.19. The van der Waals surface area contributed by atoms with Gasteiger partial charge in [0.1, 0.15) is 0 Å². The predicted molar refractivity (Wildman–Crippen MR) is 25.1 cm³/mol. The first-order valence-electron chi connectivity index (χ1n) is 1.75. The van der Waals surface area contributed by atoms with E-state index < -0.39 is 0 Å². The summed E-state index contributed by atoms with van der Waals surface area (Å²) in [7, 11) is 0. The molecule has 0 aliphatic carbocycles. The Hall–Kier alpha value is 0.290. The fourth-order valence-corrected chi connectivity index (χ4v) is 0. The highest BCUT2D eigenvalue weighted by atomic mass is 35.5. The molecule has 0 rings (SSSR count). The first kappa shape index (κ1) is 5.29. The number of hydrogen-bond acceptors (Lipinski definition) is 0. The van der Waals surface area contributed by atoms with Crippen LogP contribution in [0.25, 0.3) is 0 Å². The number of hydrogen-bond donors (Lipinski definition) is 0. The van der Waals surface area contributed by atoms with Gasteiger partial charge in [0.25, 0.3) is 0 Å². The Labute approximate surface area is 38.1 Å². The van der Waals surface area contributed by atoms with Gasteiger partial charge in [0.05, 0.1) is 5.38 Å². The zero-order valence-electron chi connectivity index (χ0n) is 3.59. The van der Waals surface area contributed by atoms with Crippen molar-refractivity contribution in [2.75, 3.05) is 0 Å². The van der Waals surface area contributed by atoms with E-state index in [1.165, 1.54) is 0 Å². The van der Waals surface area contributed by atoms with E-state index >= 15 is 0 Å². The molecular weight excluding hydrogens is 83.5 g/mol. The van der Waals surface area contributed by atoms with Gasteiger partial charge in [-0.3, -0.25) is 0 Å². The van der Waals surface area contributed by atoms with Crippen LogP contribution in [0.5, 0.6) is 0 Å². The third-order valence-electron chi connectivity index (χ3n) is 0.487. The van der Waals surface area contributed by atoms with E-state index in [2.05, 4.69) is 0 Å². The molecule has 0 saturated heterocycles. The molecule has 31 valence electrons. The van der Waals surface area contributed by atoms with Crippen molar-refractivity contribution in [3.63, 3.8) is 0 Å². The van der Waals surface area contributed by atoms with Crippen LogP contribution < -0.4 is 0 Å². The van der Waals surface area contributed by atoms with Gasteiger partial charge in [-0.1, -0.05) is 6.92 Å². The number of rotatable bonds is 1. The van der Waals surface area contributed by atoms with Crippen molar-refractivity contribution in [2.45, 2.75) is 20.3 Å². The van der Waals surface area contributed by atoms with Crippen molar-refractivity contribution in [1.82, 2.24) is 0 Å². The zero-order chi connectivity index (χ0) is 4.28. The highest BCUT2D eigenvalue weighted by Crippen LogP contribution is 2.06. The molecule has 1 radical (unpaired) electrons. The maximum atomic E-state index is 5.38. The molecule has 0 unspecified atom stereocenters. The summed E-state index contributed by atoms with van der Waals surface area (Å²) in [4.78, 5) is 0. The standard InChI is InChI=1S/C4H8Cl/c1-3-4(2)5/h3H2,1-2H3. The fourth-order valence-electron chi connectivity index (χ4n) is 0. The zero-order valence-corrected chi connectivity index (χ0v) is 4.34. The largest absolute Gasteiger partial charge is 0.118 e. The molecule has 0 aromatic carbocycles. The van der Waals surface area contributed by atoms with Crippen molar-refractivity contribution in [2.24, 2.45) is 0 Å². The van der Waals surface area contributed by atoms with Gasteiger partial charge >= 0.3 is 0 Å². The van der Waals surface area contributed by atoms with Crippen LogP contribution in [0, 0.1) is 5.38 Å². The Bertz CT molecular complexity index is 17.6. The van der Waals surface area contributed by atoms with E-state index in [-0.39, 0.29) is 0 Å². The summed E-state index contributed by atoms with van der Waals surface area (Å²) in [5, 5.41) is 0.977. The summed E-state index contributed by atoms with van der Waals surface area (Å²) < 4.78 is 0. The third kappa shape index (κ3) is 4.29. The van der Waals surface area contributed by atoms with Crippen LogP contribution in [0.1, 0.15) is 20.3 Å². The van der Waals surface area contributed by atoms with Crippen molar-refractivity contribution in [3.05, 3.63) is 5.38 Å². The minimum absolute atomic E-state index is 0.977. The first-order valence-corrected chi connectivity index (χ1v) is 2.13. The smallest absolute Gasteiger partial charge is 0.0604 e. The number of halogens is 1. The highest BCUT2D eigenvalue weighted by Gasteiger charge is 1.84. The molecule has 1 heteroatoms. The average Bonchev–Trinajstić information content (AvgIpc) is 1.38. The summed E-state index contributed by atoms with van der Waals surface area (Å²) in [5.41, 5.74) is 0. The monoisotopic (exact) mass is 91.0 g/mol. The van der Waals surface area contributed by atoms with Crippen molar-refractivity contribution >= 4 is 11.6 Å². The fraction of sp³-hybridized carbons (Fsp3) is 0.750. The molecule has 0 spiro atoms. The first-order chi connectivity index (χ1) is 2.27. The summed E-state index contributed by atoms with van der Waals surface area (Å²) in [5.74, 6) is 0. The van der Waals surface area contributed by atoms with Crippen molar-refractivity contribution in [3.8, 4) is 0 Å². The minimum atomic E-state index is 0.977. The lowest BCUT2D eigenvalue weighted by atomic mass is 10.4. The molecule has 0 aromatic heterocycles. The molecule has 0 aliphatic rings. The summed E-state index contributed by atoms with van der Waals surface area (Å²) in [6.07, 6.45) is 0.988. The van der Waals surface area contributed by atoms with Crippen molar-refractivity contribution < 1.29 is 0 Å². The van der Waals surface area contributed by atoms with E-state index in [4.69, 9.17) is 11.6 Å². The molecule has 0 amide bonds. The van der Waals surface area contributed by atoms with Crippen LogP contribution in [0.15, 0.2) is 0 Å². The van der Waals surface area contributed by atoms with Crippen LogP contribution in [-0.2, 0) is 0 Å². The van der Waals surface area contributed by atoms with Gasteiger partial charge in [-0.25, -0.2) is 0 Å². The summed E-state index contributed by atoms with van der Waals surface area (Å²) in [6.45, 7) is 3.93. The minimum Gasteiger partial charge on any atom is -0.118 e. The molecule has 0 fully saturated rings. The molecule has 0 atom stereocenters. The lowest BCUT2D eigenvalue weighted by Crippen LogP contribution is -1.68. The average molecular weight is 91.6 g/mol. The Balaban J connectivity index is 2.54. The van der Waals surface area contributed by atoms with E-state index in [9.17, 15) is 0 Å². The van der Waals surface area contributed by atoms with Gasteiger partial charge in [0.2, 0.25) is 0 Å². The van der Waals surface area contributed by atoms with Gasteiger partial charge in [-0.05, 0) is 13.3 Å². The molecule has 0 aromatic rings. The Morgan fingerprint density at radius 2 is 2.00 bits per heavy atom. The lowest BCUT2D eigenvalue weighted by molar-refractivity contribution is 1.05. The quantitative estimate of drug-likeness (QED) is 0.464. The van der Waals surface area contributed by atoms with Gasteiger partial charge < -0.3 is 0 Å². The molecule has 0 saturated carbocycles. The summed E-state index contributed by atoms with van der Waals surface area (Å²) >= 11 is 5.38. The molecular formula is C4H8Cl. The van der Waals surface area contributed by atoms with Gasteiger partial charge in [-0.2, -0.15) is 0 Å². The molecule has 0 nitrogen and oxygen atoms in total. The normalized spacial score (nSPS) is 9.60. The highest BCUT2D eigenvalue weighted by molar-refractivity contribution is 6.26. The topological polar surface area (TPSA) is 0 Å². The van der Waals surface area contributed by atoms with Crippen LogP contribution in [0.3, 0.4) is 0 Å². The van der Waals surface area contributed by atoms with Crippen LogP contribution in [0.2, 0.25) is 0 Å². The maximum Gasteiger partial charge on any atom is 0.0604 e. The molecule has 0 bridgehead atoms. The lowest BCUT2D eigenvalue weighted by Gasteiger charge is -1.86. The van der Waals surface area contributed by atoms with Crippen LogP contribution in [0.4, 0.5) is 0 Å². The molecule has 0 aliphatic heterocycles. The third-order valence-corrected chi connectivity index (χ3v) is 0.754. The van der Waals surface area contributed by atoms with Crippen LogP contribution in [-0.4, -0.2) is 0 Å². The maximum absolute atomic E-state index is 5.38. The molecule has 0 N–H and O–H groups in total. The van der Waals surface area contributed by atoms with E-state index in [0.29, 0.717) is 0 Å². The van der Waals surface area contributed by atoms with Gasteiger partial charge in [-0.15, -0.1) is 11.6 Å². The van der Waals surface area contributed by atoms with Crippen molar-refractivity contribution in [1.29, 1.82) is 0 Å². The van der Waals surface area contributed by atoms with E-state index in [1.54, 1.807) is 0 Å². The molecule has 5 heavy (non-hydrogen) atoms. The Morgan fingerprint density at radius 3 is 2.00 bits per heavy atom. The van der Waals surface area contributed by atoms with Gasteiger partial charge in [0, 0.05) is 0 Å². The molecule has 0 heterocycles. The Kier molecular flexibility index (Phi) is 2.67.